The molecule has 2 rings (SSSR count). The molecule has 0 saturated heterocycles. The maximum absolute atomic E-state index is 12.5. The molecule has 0 atom stereocenters. The van der Waals surface area contributed by atoms with Crippen LogP contribution < -0.4 is 16.0 Å². The first kappa shape index (κ1) is 19.6. The van der Waals surface area contributed by atoms with Crippen LogP contribution in [0.5, 0.6) is 0 Å². The Morgan fingerprint density at radius 3 is 2.38 bits per heavy atom. The van der Waals surface area contributed by atoms with Gasteiger partial charge in [0, 0.05) is 24.6 Å². The second kappa shape index (κ2) is 8.56. The highest BCUT2D eigenvalue weighted by atomic mass is 32.2. The topological polar surface area (TPSA) is 83.1 Å². The number of nitrogens with one attached hydrogen (secondary N) is 3. The molecule has 138 valence electrons. The third-order valence-corrected chi connectivity index (χ3v) is 3.99. The SMILES string of the molecule is CNC(=O)Nc1cccc(NC(=O)CSc2ccc(C(F)(F)F)cn2)c1. The van der Waals surface area contributed by atoms with E-state index in [9.17, 15) is 22.8 Å². The van der Waals surface area contributed by atoms with Crippen molar-refractivity contribution in [3.63, 3.8) is 0 Å². The molecule has 2 aromatic rings. The van der Waals surface area contributed by atoms with Crippen LogP contribution in [0, 0.1) is 0 Å². The second-order valence-corrected chi connectivity index (χ2v) is 6.00. The summed E-state index contributed by atoms with van der Waals surface area (Å²) in [5.41, 5.74) is 0.135. The fraction of sp³-hybridized carbons (Fsp3) is 0.188. The molecule has 10 heteroatoms. The van der Waals surface area contributed by atoms with E-state index in [-0.39, 0.29) is 11.7 Å². The van der Waals surface area contributed by atoms with Gasteiger partial charge in [-0.05, 0) is 30.3 Å². The molecule has 3 N–H and O–H groups in total. The Kier molecular flexibility index (Phi) is 6.45. The number of benzene rings is 1. The maximum atomic E-state index is 12.5. The number of hydrogen-bond acceptors (Lipinski definition) is 4. The zero-order valence-electron chi connectivity index (χ0n) is 13.6. The van der Waals surface area contributed by atoms with Gasteiger partial charge >= 0.3 is 12.2 Å². The zero-order chi connectivity index (χ0) is 19.2. The quantitative estimate of drug-likeness (QED) is 0.688. The molecule has 0 unspecified atom stereocenters. The van der Waals surface area contributed by atoms with Gasteiger partial charge in [0.15, 0.2) is 0 Å². The second-order valence-electron chi connectivity index (χ2n) is 5.00. The molecule has 0 radical (unpaired) electrons. The number of anilines is 2. The number of nitrogens with zero attached hydrogens (tertiary/aromatic N) is 1. The molecule has 0 saturated carbocycles. The highest BCUT2D eigenvalue weighted by Gasteiger charge is 2.30. The van der Waals surface area contributed by atoms with E-state index in [1.807, 2.05) is 0 Å². The van der Waals surface area contributed by atoms with Crippen molar-refractivity contribution < 1.29 is 22.8 Å². The van der Waals surface area contributed by atoms with Gasteiger partial charge in [0.1, 0.15) is 0 Å². The van der Waals surface area contributed by atoms with Crippen LogP contribution >= 0.6 is 11.8 Å². The number of thioether (sulfide) groups is 1. The molecule has 0 aliphatic heterocycles. The summed E-state index contributed by atoms with van der Waals surface area (Å²) in [5, 5.41) is 7.93. The van der Waals surface area contributed by atoms with Crippen molar-refractivity contribution in [1.29, 1.82) is 0 Å². The minimum Gasteiger partial charge on any atom is -0.341 e. The summed E-state index contributed by atoms with van der Waals surface area (Å²) in [7, 11) is 1.48. The smallest absolute Gasteiger partial charge is 0.341 e. The number of halogens is 3. The zero-order valence-corrected chi connectivity index (χ0v) is 14.4. The summed E-state index contributed by atoms with van der Waals surface area (Å²) >= 11 is 1.02. The van der Waals surface area contributed by atoms with E-state index >= 15 is 0 Å². The number of carbonyl (C=O) groups is 2. The Bertz CT molecular complexity index is 782. The predicted octanol–water partition coefficient (Wildman–Crippen LogP) is 3.58. The molecule has 1 aromatic heterocycles. The summed E-state index contributed by atoms with van der Waals surface area (Å²) in [6.07, 6.45) is -3.71. The summed E-state index contributed by atoms with van der Waals surface area (Å²) in [4.78, 5) is 26.9. The van der Waals surface area contributed by atoms with Crippen molar-refractivity contribution in [2.75, 3.05) is 23.4 Å². The fourth-order valence-corrected chi connectivity index (χ4v) is 2.48. The number of pyridine rings is 1. The van der Waals surface area contributed by atoms with Crippen LogP contribution in [-0.2, 0) is 11.0 Å². The Morgan fingerprint density at radius 2 is 1.81 bits per heavy atom. The van der Waals surface area contributed by atoms with Crippen LogP contribution in [-0.4, -0.2) is 29.7 Å². The largest absolute Gasteiger partial charge is 0.417 e. The minimum absolute atomic E-state index is 0.0224. The maximum Gasteiger partial charge on any atom is 0.417 e. The molecule has 1 heterocycles. The van der Waals surface area contributed by atoms with Gasteiger partial charge in [0.2, 0.25) is 5.91 Å². The van der Waals surface area contributed by atoms with Crippen LogP contribution in [0.15, 0.2) is 47.6 Å². The van der Waals surface area contributed by atoms with Crippen LogP contribution in [0.3, 0.4) is 0 Å². The van der Waals surface area contributed by atoms with Crippen molar-refractivity contribution in [1.82, 2.24) is 10.3 Å². The number of rotatable bonds is 5. The third kappa shape index (κ3) is 5.96. The molecule has 0 spiro atoms. The first-order valence-electron chi connectivity index (χ1n) is 7.32. The van der Waals surface area contributed by atoms with Crippen molar-refractivity contribution in [3.05, 3.63) is 48.2 Å². The number of urea groups is 1. The number of aromatic nitrogens is 1. The lowest BCUT2D eigenvalue weighted by Gasteiger charge is -2.09. The minimum atomic E-state index is -4.44. The van der Waals surface area contributed by atoms with E-state index in [1.54, 1.807) is 24.3 Å². The van der Waals surface area contributed by atoms with Crippen molar-refractivity contribution in [3.8, 4) is 0 Å². The number of carbonyl (C=O) groups excluding carboxylic acids is 2. The van der Waals surface area contributed by atoms with Gasteiger partial charge in [0.05, 0.1) is 16.3 Å². The molecule has 0 aliphatic rings. The van der Waals surface area contributed by atoms with E-state index in [0.29, 0.717) is 16.4 Å². The Balaban J connectivity index is 1.89. The summed E-state index contributed by atoms with van der Waals surface area (Å²) in [5.74, 6) is -0.375. The van der Waals surface area contributed by atoms with Gasteiger partial charge in [-0.15, -0.1) is 0 Å². The average molecular weight is 384 g/mol. The van der Waals surface area contributed by atoms with E-state index in [2.05, 4.69) is 20.9 Å². The first-order valence-corrected chi connectivity index (χ1v) is 8.31. The Hall–Kier alpha value is -2.75. The highest BCUT2D eigenvalue weighted by Crippen LogP contribution is 2.29. The predicted molar refractivity (Wildman–Crippen MR) is 93.1 cm³/mol. The number of hydrogen-bond donors (Lipinski definition) is 3. The van der Waals surface area contributed by atoms with E-state index in [0.717, 1.165) is 24.0 Å². The molecular weight excluding hydrogens is 369 g/mol. The number of alkyl halides is 3. The van der Waals surface area contributed by atoms with Gasteiger partial charge in [0.25, 0.3) is 0 Å². The lowest BCUT2D eigenvalue weighted by Crippen LogP contribution is -2.24. The molecule has 6 nitrogen and oxygen atoms in total. The first-order chi connectivity index (χ1) is 12.3. The molecule has 0 bridgehead atoms. The number of amides is 3. The Labute approximate surface area is 151 Å². The molecular formula is C16H15F3N4O2S. The summed E-state index contributed by atoms with van der Waals surface area (Å²) < 4.78 is 37.4. The summed E-state index contributed by atoms with van der Waals surface area (Å²) in [6, 6.07) is 8.28. The van der Waals surface area contributed by atoms with Gasteiger partial charge < -0.3 is 16.0 Å². The summed E-state index contributed by atoms with van der Waals surface area (Å²) in [6.45, 7) is 0. The molecule has 26 heavy (non-hydrogen) atoms. The van der Waals surface area contributed by atoms with Crippen LogP contribution in [0.25, 0.3) is 0 Å². The lowest BCUT2D eigenvalue weighted by molar-refractivity contribution is -0.137. The van der Waals surface area contributed by atoms with Crippen molar-refractivity contribution >= 4 is 35.1 Å². The monoisotopic (exact) mass is 384 g/mol. The standard InChI is InChI=1S/C16H15F3N4O2S/c1-20-15(25)23-12-4-2-3-11(7-12)22-13(24)9-26-14-6-5-10(8-21-14)16(17,18)19/h2-8H,9H2,1H3,(H,22,24)(H2,20,23,25). The fourth-order valence-electron chi connectivity index (χ4n) is 1.84. The van der Waals surface area contributed by atoms with Crippen molar-refractivity contribution in [2.45, 2.75) is 11.2 Å². The van der Waals surface area contributed by atoms with Gasteiger partial charge in [-0.1, -0.05) is 17.8 Å². The molecule has 0 aliphatic carbocycles. The van der Waals surface area contributed by atoms with Gasteiger partial charge in [-0.2, -0.15) is 13.2 Å². The normalized spacial score (nSPS) is 10.9. The van der Waals surface area contributed by atoms with Gasteiger partial charge in [-0.3, -0.25) is 4.79 Å². The Morgan fingerprint density at radius 1 is 1.12 bits per heavy atom. The lowest BCUT2D eigenvalue weighted by atomic mass is 10.3. The third-order valence-electron chi connectivity index (χ3n) is 3.05. The van der Waals surface area contributed by atoms with Crippen LogP contribution in [0.2, 0.25) is 0 Å². The van der Waals surface area contributed by atoms with E-state index in [4.69, 9.17) is 0 Å². The highest BCUT2D eigenvalue weighted by molar-refractivity contribution is 7.99. The van der Waals surface area contributed by atoms with E-state index in [1.165, 1.54) is 13.1 Å². The van der Waals surface area contributed by atoms with Crippen LogP contribution in [0.4, 0.5) is 29.3 Å². The molecule has 3 amide bonds. The molecule has 1 aromatic carbocycles. The van der Waals surface area contributed by atoms with E-state index < -0.39 is 17.8 Å². The average Bonchev–Trinajstić information content (AvgIpc) is 2.60. The van der Waals surface area contributed by atoms with Crippen molar-refractivity contribution in [2.24, 2.45) is 0 Å². The van der Waals surface area contributed by atoms with Crippen LogP contribution in [0.1, 0.15) is 5.56 Å². The molecule has 0 fully saturated rings. The van der Waals surface area contributed by atoms with Gasteiger partial charge in [-0.25, -0.2) is 9.78 Å².